The molecule has 1 aromatic heterocycles. The average Bonchev–Trinajstić information content (AvgIpc) is 2.88. The molecule has 2 aromatic rings. The lowest BCUT2D eigenvalue weighted by atomic mass is 10.1. The maximum atomic E-state index is 5.92. The van der Waals surface area contributed by atoms with Crippen LogP contribution in [0, 0.1) is 0 Å². The molecule has 96 valence electrons. The van der Waals surface area contributed by atoms with Gasteiger partial charge in [0.15, 0.2) is 0 Å². The molecule has 1 heterocycles. The Morgan fingerprint density at radius 3 is 2.89 bits per heavy atom. The number of aromatic nitrogens is 1. The van der Waals surface area contributed by atoms with Gasteiger partial charge in [-0.2, -0.15) is 0 Å². The number of nitrogens with zero attached hydrogens (tertiary/aromatic N) is 1. The highest BCUT2D eigenvalue weighted by Gasteiger charge is 2.10. The molecule has 0 aliphatic rings. The van der Waals surface area contributed by atoms with Crippen LogP contribution < -0.4 is 15.2 Å². The van der Waals surface area contributed by atoms with Gasteiger partial charge < -0.3 is 15.2 Å². The van der Waals surface area contributed by atoms with Crippen LogP contribution in [0.5, 0.6) is 11.5 Å². The van der Waals surface area contributed by atoms with E-state index in [0.717, 1.165) is 22.8 Å². The minimum Gasteiger partial charge on any atom is -0.497 e. The number of ether oxygens (including phenoxy) is 2. The Bertz CT molecular complexity index is 498. The van der Waals surface area contributed by atoms with E-state index in [1.54, 1.807) is 24.0 Å². The Morgan fingerprint density at radius 2 is 2.28 bits per heavy atom. The summed E-state index contributed by atoms with van der Waals surface area (Å²) in [7, 11) is 1.63. The average molecular weight is 264 g/mol. The van der Waals surface area contributed by atoms with E-state index in [1.165, 1.54) is 0 Å². The van der Waals surface area contributed by atoms with E-state index in [0.29, 0.717) is 6.61 Å². The summed E-state index contributed by atoms with van der Waals surface area (Å²) < 4.78 is 11.0. The van der Waals surface area contributed by atoms with E-state index in [1.807, 2.05) is 30.5 Å². The normalized spacial score (nSPS) is 12.2. The molecule has 18 heavy (non-hydrogen) atoms. The van der Waals surface area contributed by atoms with Gasteiger partial charge in [-0.05, 0) is 13.0 Å². The molecule has 1 atom stereocenters. The van der Waals surface area contributed by atoms with Crippen molar-refractivity contribution in [2.24, 2.45) is 5.73 Å². The standard InChI is InChI=1S/C13H16N2O2S/c1-9(14)12-4-3-11(16-2)5-13(12)17-6-10-7-18-8-15-10/h3-5,7-9H,6,14H2,1-2H3. The predicted octanol–water partition coefficient (Wildman–Crippen LogP) is 2.75. The molecule has 2 N–H and O–H groups in total. The van der Waals surface area contributed by atoms with Crippen LogP contribution in [0.1, 0.15) is 24.2 Å². The molecule has 1 aromatic carbocycles. The van der Waals surface area contributed by atoms with Gasteiger partial charge in [0, 0.05) is 23.1 Å². The van der Waals surface area contributed by atoms with Crippen LogP contribution in [0.4, 0.5) is 0 Å². The summed E-state index contributed by atoms with van der Waals surface area (Å²) in [5, 5.41) is 1.96. The lowest BCUT2D eigenvalue weighted by molar-refractivity contribution is 0.295. The van der Waals surface area contributed by atoms with Crippen LogP contribution in [-0.2, 0) is 6.61 Å². The van der Waals surface area contributed by atoms with Gasteiger partial charge in [-0.15, -0.1) is 11.3 Å². The van der Waals surface area contributed by atoms with Crippen molar-refractivity contribution < 1.29 is 9.47 Å². The minimum atomic E-state index is -0.0821. The number of thiazole rings is 1. The van der Waals surface area contributed by atoms with E-state index >= 15 is 0 Å². The zero-order chi connectivity index (χ0) is 13.0. The molecule has 1 unspecified atom stereocenters. The maximum absolute atomic E-state index is 5.92. The molecular weight excluding hydrogens is 248 g/mol. The second kappa shape index (κ2) is 5.84. The Hall–Kier alpha value is -1.59. The number of benzene rings is 1. The van der Waals surface area contributed by atoms with Crippen LogP contribution >= 0.6 is 11.3 Å². The fourth-order valence-corrected chi connectivity index (χ4v) is 2.15. The van der Waals surface area contributed by atoms with Crippen LogP contribution in [0.2, 0.25) is 0 Å². The Kier molecular flexibility index (Phi) is 4.17. The minimum absolute atomic E-state index is 0.0821. The summed E-state index contributed by atoms with van der Waals surface area (Å²) in [6.07, 6.45) is 0. The van der Waals surface area contributed by atoms with Gasteiger partial charge in [0.05, 0.1) is 18.3 Å². The van der Waals surface area contributed by atoms with E-state index in [4.69, 9.17) is 15.2 Å². The third-order valence-electron chi connectivity index (χ3n) is 2.57. The molecule has 0 spiro atoms. The second-order valence-electron chi connectivity index (χ2n) is 3.96. The first kappa shape index (κ1) is 12.9. The number of rotatable bonds is 5. The smallest absolute Gasteiger partial charge is 0.131 e. The Balaban J connectivity index is 2.18. The van der Waals surface area contributed by atoms with Crippen molar-refractivity contribution in [3.05, 3.63) is 40.3 Å². The second-order valence-corrected chi connectivity index (χ2v) is 4.68. The third kappa shape index (κ3) is 3.00. The zero-order valence-electron chi connectivity index (χ0n) is 10.4. The highest BCUT2D eigenvalue weighted by atomic mass is 32.1. The van der Waals surface area contributed by atoms with Crippen LogP contribution in [0.25, 0.3) is 0 Å². The van der Waals surface area contributed by atoms with Crippen LogP contribution in [0.15, 0.2) is 29.1 Å². The SMILES string of the molecule is COc1ccc(C(C)N)c(OCc2cscn2)c1. The van der Waals surface area contributed by atoms with Gasteiger partial charge in [-0.3, -0.25) is 0 Å². The summed E-state index contributed by atoms with van der Waals surface area (Å²) in [5.74, 6) is 1.50. The van der Waals surface area contributed by atoms with Crippen molar-refractivity contribution in [2.75, 3.05) is 7.11 Å². The number of nitrogens with two attached hydrogens (primary N) is 1. The monoisotopic (exact) mass is 264 g/mol. The molecule has 0 saturated carbocycles. The molecular formula is C13H16N2O2S. The van der Waals surface area contributed by atoms with Crippen LogP contribution in [-0.4, -0.2) is 12.1 Å². The lowest BCUT2D eigenvalue weighted by Gasteiger charge is -2.14. The van der Waals surface area contributed by atoms with E-state index < -0.39 is 0 Å². The van der Waals surface area contributed by atoms with Gasteiger partial charge in [0.25, 0.3) is 0 Å². The summed E-state index contributed by atoms with van der Waals surface area (Å²) in [4.78, 5) is 4.18. The molecule has 0 aliphatic carbocycles. The van der Waals surface area contributed by atoms with Crippen molar-refractivity contribution in [1.29, 1.82) is 0 Å². The summed E-state index contributed by atoms with van der Waals surface area (Å²) in [6.45, 7) is 2.37. The lowest BCUT2D eigenvalue weighted by Crippen LogP contribution is -2.08. The number of hydrogen-bond donors (Lipinski definition) is 1. The molecule has 0 fully saturated rings. The topological polar surface area (TPSA) is 57.4 Å². The molecule has 0 bridgehead atoms. The molecule has 0 aliphatic heterocycles. The van der Waals surface area contributed by atoms with Crippen molar-refractivity contribution in [1.82, 2.24) is 4.98 Å². The molecule has 0 amide bonds. The van der Waals surface area contributed by atoms with Crippen LogP contribution in [0.3, 0.4) is 0 Å². The van der Waals surface area contributed by atoms with Gasteiger partial charge in [0.1, 0.15) is 18.1 Å². The summed E-state index contributed by atoms with van der Waals surface area (Å²) in [5.41, 5.74) is 9.59. The highest BCUT2D eigenvalue weighted by molar-refractivity contribution is 7.07. The molecule has 5 heteroatoms. The fraction of sp³-hybridized carbons (Fsp3) is 0.308. The Morgan fingerprint density at radius 1 is 1.44 bits per heavy atom. The van der Waals surface area contributed by atoms with E-state index in [9.17, 15) is 0 Å². The zero-order valence-corrected chi connectivity index (χ0v) is 11.2. The highest BCUT2D eigenvalue weighted by Crippen LogP contribution is 2.29. The third-order valence-corrected chi connectivity index (χ3v) is 3.21. The van der Waals surface area contributed by atoms with Gasteiger partial charge in [0.2, 0.25) is 0 Å². The largest absolute Gasteiger partial charge is 0.497 e. The summed E-state index contributed by atoms with van der Waals surface area (Å²) in [6, 6.07) is 5.58. The van der Waals surface area contributed by atoms with Crippen molar-refractivity contribution >= 4 is 11.3 Å². The van der Waals surface area contributed by atoms with Crippen molar-refractivity contribution in [2.45, 2.75) is 19.6 Å². The van der Waals surface area contributed by atoms with Gasteiger partial charge in [-0.1, -0.05) is 6.07 Å². The quantitative estimate of drug-likeness (QED) is 0.902. The fourth-order valence-electron chi connectivity index (χ4n) is 1.60. The molecule has 4 nitrogen and oxygen atoms in total. The first-order chi connectivity index (χ1) is 8.70. The first-order valence-electron chi connectivity index (χ1n) is 5.64. The number of hydrogen-bond acceptors (Lipinski definition) is 5. The van der Waals surface area contributed by atoms with E-state index in [-0.39, 0.29) is 6.04 Å². The number of methoxy groups -OCH3 is 1. The van der Waals surface area contributed by atoms with Gasteiger partial charge >= 0.3 is 0 Å². The van der Waals surface area contributed by atoms with Gasteiger partial charge in [-0.25, -0.2) is 4.98 Å². The predicted molar refractivity (Wildman–Crippen MR) is 72.0 cm³/mol. The molecule has 0 radical (unpaired) electrons. The van der Waals surface area contributed by atoms with Crippen molar-refractivity contribution in [3.63, 3.8) is 0 Å². The summed E-state index contributed by atoms with van der Waals surface area (Å²) >= 11 is 1.55. The molecule has 2 rings (SSSR count). The Labute approximate surface area is 110 Å². The van der Waals surface area contributed by atoms with E-state index in [2.05, 4.69) is 4.98 Å². The maximum Gasteiger partial charge on any atom is 0.131 e. The van der Waals surface area contributed by atoms with Crippen molar-refractivity contribution in [3.8, 4) is 11.5 Å². The molecule has 0 saturated heterocycles. The first-order valence-corrected chi connectivity index (χ1v) is 6.58.